The lowest BCUT2D eigenvalue weighted by Gasteiger charge is -2.16. The van der Waals surface area contributed by atoms with E-state index in [-0.39, 0.29) is 17.7 Å². The number of rotatable bonds is 19. The van der Waals surface area contributed by atoms with Gasteiger partial charge in [-0.15, -0.1) is 0 Å². The van der Waals surface area contributed by atoms with Crippen molar-refractivity contribution in [2.24, 2.45) is 5.73 Å². The van der Waals surface area contributed by atoms with Crippen LogP contribution < -0.4 is 26.6 Å². The van der Waals surface area contributed by atoms with E-state index in [9.17, 15) is 14.4 Å². The normalized spacial score (nSPS) is 11.3. The van der Waals surface area contributed by atoms with E-state index in [4.69, 9.17) is 15.3 Å². The van der Waals surface area contributed by atoms with Gasteiger partial charge in [0.1, 0.15) is 12.4 Å². The number of nitrogens with one attached hydrogen (secondary N) is 3. The Balaban J connectivity index is 1.00. The molecule has 1 atom stereocenters. The van der Waals surface area contributed by atoms with E-state index in [1.54, 1.807) is 0 Å². The minimum absolute atomic E-state index is 0.0594. The second kappa shape index (κ2) is 20.2. The van der Waals surface area contributed by atoms with Gasteiger partial charge in [0.25, 0.3) is 0 Å². The Hall–Kier alpha value is -5.77. The number of unbranched alkanes of at least 4 members (excludes halogenated alkanes) is 3. The van der Waals surface area contributed by atoms with Crippen molar-refractivity contribution in [3.05, 3.63) is 150 Å². The minimum atomic E-state index is -0.744. The lowest BCUT2D eigenvalue weighted by Crippen LogP contribution is -2.37. The highest BCUT2D eigenvalue weighted by atomic mass is 16.6. The number of nitrogens with two attached hydrogens (primary N) is 1. The Labute approximate surface area is 305 Å². The fourth-order valence-corrected chi connectivity index (χ4v) is 5.59. The average molecular weight is 699 g/mol. The molecule has 3 amide bonds. The number of benzene rings is 5. The third kappa shape index (κ3) is 12.5. The van der Waals surface area contributed by atoms with Gasteiger partial charge in [-0.3, -0.25) is 19.2 Å². The molecule has 5 rings (SSSR count). The van der Waals surface area contributed by atoms with E-state index in [2.05, 4.69) is 16.1 Å². The molecular weight excluding hydrogens is 652 g/mol. The smallest absolute Gasteiger partial charge is 0.243 e. The predicted molar refractivity (Wildman–Crippen MR) is 205 cm³/mol. The van der Waals surface area contributed by atoms with E-state index in [0.29, 0.717) is 43.9 Å². The second-order valence-corrected chi connectivity index (χ2v) is 12.6. The quantitative estimate of drug-likeness (QED) is 0.0511. The van der Waals surface area contributed by atoms with Crippen molar-refractivity contribution in [2.75, 3.05) is 10.6 Å². The van der Waals surface area contributed by atoms with Gasteiger partial charge < -0.3 is 21.1 Å². The van der Waals surface area contributed by atoms with Crippen LogP contribution in [0.25, 0.3) is 11.1 Å². The largest absolute Gasteiger partial charge is 0.489 e. The fourth-order valence-electron chi connectivity index (χ4n) is 5.59. The molecule has 0 spiro atoms. The lowest BCUT2D eigenvalue weighted by atomic mass is 10.0. The highest BCUT2D eigenvalue weighted by molar-refractivity contribution is 5.98. The first kappa shape index (κ1) is 37.5. The molecule has 0 saturated heterocycles. The van der Waals surface area contributed by atoms with Crippen LogP contribution in [0, 0.1) is 0 Å². The van der Waals surface area contributed by atoms with Crippen LogP contribution in [0.2, 0.25) is 0 Å². The number of anilines is 2. The first-order chi connectivity index (χ1) is 25.4. The van der Waals surface area contributed by atoms with E-state index in [0.717, 1.165) is 59.3 Å². The Bertz CT molecular complexity index is 1850. The summed E-state index contributed by atoms with van der Waals surface area (Å²) >= 11 is 0. The zero-order valence-electron chi connectivity index (χ0n) is 29.3. The Morgan fingerprint density at radius 3 is 1.85 bits per heavy atom. The molecule has 9 heteroatoms. The zero-order chi connectivity index (χ0) is 36.4. The van der Waals surface area contributed by atoms with E-state index in [1.807, 2.05) is 133 Å². The number of para-hydroxylation sites is 1. The Kier molecular flexibility index (Phi) is 14.5. The summed E-state index contributed by atoms with van der Waals surface area (Å²) in [6.07, 6.45) is 4.34. The van der Waals surface area contributed by atoms with Crippen LogP contribution in [0.5, 0.6) is 5.75 Å². The Morgan fingerprint density at radius 1 is 0.577 bits per heavy atom. The standard InChI is InChI=1S/C43H46N4O5/c44-39(29-32-21-27-37(28-22-32)51-30-33-13-5-3-6-14-33)43(50)46-40-18-12-11-17-38(40)35-23-25-36(26-24-35)45-41(48)19-9-1-2-10-20-42(49)47-52-31-34-15-7-4-8-16-34/h3-8,11-18,21-28,39H,1-2,9-10,19-20,29-31,44H2,(H,45,48)(H,46,50)(H,47,49)/t39-/m0/s1. The van der Waals surface area contributed by atoms with Gasteiger partial charge >= 0.3 is 0 Å². The summed E-state index contributed by atoms with van der Waals surface area (Å²) in [6, 6.07) is 41.6. The molecule has 0 heterocycles. The maximum absolute atomic E-state index is 13.1. The number of amides is 3. The predicted octanol–water partition coefficient (Wildman–Crippen LogP) is 7.97. The van der Waals surface area contributed by atoms with Crippen LogP contribution in [-0.4, -0.2) is 23.8 Å². The zero-order valence-corrected chi connectivity index (χ0v) is 29.3. The summed E-state index contributed by atoms with van der Waals surface area (Å²) in [5.74, 6) is 0.267. The third-order valence-electron chi connectivity index (χ3n) is 8.45. The first-order valence-corrected chi connectivity index (χ1v) is 17.7. The van der Waals surface area contributed by atoms with Gasteiger partial charge in [-0.05, 0) is 71.8 Å². The molecule has 0 bridgehead atoms. The molecule has 0 aliphatic heterocycles. The number of hydrogen-bond donors (Lipinski definition) is 4. The van der Waals surface area contributed by atoms with Gasteiger partial charge in [0.05, 0.1) is 12.6 Å². The molecule has 0 saturated carbocycles. The minimum Gasteiger partial charge on any atom is -0.489 e. The number of hydrogen-bond acceptors (Lipinski definition) is 6. The topological polar surface area (TPSA) is 132 Å². The number of carbonyl (C=O) groups is 3. The van der Waals surface area contributed by atoms with E-state index >= 15 is 0 Å². The molecule has 52 heavy (non-hydrogen) atoms. The van der Waals surface area contributed by atoms with Gasteiger partial charge in [0, 0.05) is 29.8 Å². The summed E-state index contributed by atoms with van der Waals surface area (Å²) < 4.78 is 5.87. The van der Waals surface area contributed by atoms with Gasteiger partial charge in [-0.2, -0.15) is 0 Å². The van der Waals surface area contributed by atoms with Gasteiger partial charge in [0.2, 0.25) is 17.7 Å². The number of carbonyl (C=O) groups excluding carboxylic acids is 3. The molecule has 0 unspecified atom stereocenters. The summed E-state index contributed by atoms with van der Waals surface area (Å²) in [4.78, 5) is 42.9. The Morgan fingerprint density at radius 2 is 1.17 bits per heavy atom. The van der Waals surface area contributed by atoms with Crippen LogP contribution in [0.4, 0.5) is 11.4 Å². The molecule has 9 nitrogen and oxygen atoms in total. The molecular formula is C43H46N4O5. The summed E-state index contributed by atoms with van der Waals surface area (Å²) in [7, 11) is 0. The van der Waals surface area contributed by atoms with Gasteiger partial charge in [-0.25, -0.2) is 5.48 Å². The van der Waals surface area contributed by atoms with Crippen LogP contribution in [0.3, 0.4) is 0 Å². The molecule has 0 fully saturated rings. The lowest BCUT2D eigenvalue weighted by molar-refractivity contribution is -0.134. The van der Waals surface area contributed by atoms with Crippen LogP contribution >= 0.6 is 0 Å². The molecule has 0 radical (unpaired) electrons. The summed E-state index contributed by atoms with van der Waals surface area (Å²) in [5, 5.41) is 5.95. The first-order valence-electron chi connectivity index (χ1n) is 17.7. The van der Waals surface area contributed by atoms with Crippen LogP contribution in [-0.2, 0) is 38.9 Å². The third-order valence-corrected chi connectivity index (χ3v) is 8.45. The number of hydroxylamine groups is 1. The van der Waals surface area contributed by atoms with Crippen molar-refractivity contribution in [3.63, 3.8) is 0 Å². The fraction of sp³-hybridized carbons (Fsp3) is 0.233. The van der Waals surface area contributed by atoms with Crippen molar-refractivity contribution in [1.82, 2.24) is 5.48 Å². The van der Waals surface area contributed by atoms with Crippen molar-refractivity contribution in [1.29, 1.82) is 0 Å². The van der Waals surface area contributed by atoms with Gasteiger partial charge in [-0.1, -0.05) is 116 Å². The molecule has 0 aliphatic carbocycles. The molecule has 268 valence electrons. The molecule has 5 N–H and O–H groups in total. The van der Waals surface area contributed by atoms with Crippen LogP contribution in [0.15, 0.2) is 133 Å². The molecule has 5 aromatic carbocycles. The average Bonchev–Trinajstić information content (AvgIpc) is 3.17. The molecule has 0 aromatic heterocycles. The SMILES string of the molecule is N[C@@H](Cc1ccc(OCc2ccccc2)cc1)C(=O)Nc1ccccc1-c1ccc(NC(=O)CCCCCCC(=O)NOCc2ccccc2)cc1. The van der Waals surface area contributed by atoms with E-state index in [1.165, 1.54) is 0 Å². The molecule has 5 aromatic rings. The monoisotopic (exact) mass is 698 g/mol. The maximum Gasteiger partial charge on any atom is 0.243 e. The number of ether oxygens (including phenoxy) is 1. The maximum atomic E-state index is 13.1. The summed E-state index contributed by atoms with van der Waals surface area (Å²) in [6.45, 7) is 0.812. The highest BCUT2D eigenvalue weighted by Gasteiger charge is 2.17. The second-order valence-electron chi connectivity index (χ2n) is 12.6. The van der Waals surface area contributed by atoms with Gasteiger partial charge in [0.15, 0.2) is 0 Å². The highest BCUT2D eigenvalue weighted by Crippen LogP contribution is 2.29. The van der Waals surface area contributed by atoms with Crippen molar-refractivity contribution in [3.8, 4) is 16.9 Å². The van der Waals surface area contributed by atoms with Crippen molar-refractivity contribution < 1.29 is 24.0 Å². The van der Waals surface area contributed by atoms with Crippen molar-refractivity contribution >= 4 is 29.1 Å². The van der Waals surface area contributed by atoms with Crippen molar-refractivity contribution in [2.45, 2.75) is 64.2 Å². The van der Waals surface area contributed by atoms with E-state index < -0.39 is 6.04 Å². The molecule has 0 aliphatic rings. The van der Waals surface area contributed by atoms with Crippen LogP contribution in [0.1, 0.15) is 55.2 Å². The summed E-state index contributed by atoms with van der Waals surface area (Å²) in [5.41, 5.74) is 14.9.